The molecular weight excluding hydrogens is 356 g/mol. The van der Waals surface area contributed by atoms with E-state index in [9.17, 15) is 4.79 Å². The lowest BCUT2D eigenvalue weighted by Crippen LogP contribution is -1.98. The van der Waals surface area contributed by atoms with E-state index in [1.807, 2.05) is 24.3 Å². The number of hydrogen-bond donors (Lipinski definition) is 1. The Balaban J connectivity index is 1.68. The van der Waals surface area contributed by atoms with Gasteiger partial charge in [0.2, 0.25) is 0 Å². The third kappa shape index (κ3) is 5.14. The largest absolute Gasteiger partial charge is 0.489 e. The van der Waals surface area contributed by atoms with Crippen molar-refractivity contribution < 1.29 is 14.6 Å². The summed E-state index contributed by atoms with van der Waals surface area (Å²) in [6.07, 6.45) is 0. The van der Waals surface area contributed by atoms with Crippen LogP contribution in [0.25, 0.3) is 11.1 Å². The van der Waals surface area contributed by atoms with Crippen molar-refractivity contribution >= 4 is 17.7 Å². The summed E-state index contributed by atoms with van der Waals surface area (Å²) in [4.78, 5) is 11.5. The van der Waals surface area contributed by atoms with Crippen molar-refractivity contribution in [3.8, 4) is 16.9 Å². The highest BCUT2D eigenvalue weighted by Gasteiger charge is 2.06. The second kappa shape index (κ2) is 8.78. The van der Waals surface area contributed by atoms with Gasteiger partial charge in [0.25, 0.3) is 0 Å². The van der Waals surface area contributed by atoms with E-state index < -0.39 is 5.97 Å². The van der Waals surface area contributed by atoms with Crippen LogP contribution in [0.1, 0.15) is 16.7 Å². The van der Waals surface area contributed by atoms with E-state index >= 15 is 0 Å². The highest BCUT2D eigenvalue weighted by Crippen LogP contribution is 2.28. The maximum Gasteiger partial charge on any atom is 0.313 e. The van der Waals surface area contributed by atoms with E-state index in [-0.39, 0.29) is 5.75 Å². The molecule has 0 atom stereocenters. The van der Waals surface area contributed by atoms with Crippen LogP contribution in [-0.4, -0.2) is 16.8 Å². The second-order valence-electron chi connectivity index (χ2n) is 6.41. The Kier molecular flexibility index (Phi) is 6.20. The lowest BCUT2D eigenvalue weighted by atomic mass is 9.95. The van der Waals surface area contributed by atoms with Crippen molar-refractivity contribution in [1.82, 2.24) is 0 Å². The van der Waals surface area contributed by atoms with E-state index in [4.69, 9.17) is 9.84 Å². The fourth-order valence-electron chi connectivity index (χ4n) is 3.03. The summed E-state index contributed by atoms with van der Waals surface area (Å²) >= 11 is 1.30. The Labute approximate surface area is 164 Å². The van der Waals surface area contributed by atoms with Crippen molar-refractivity contribution in [2.45, 2.75) is 25.3 Å². The van der Waals surface area contributed by atoms with Gasteiger partial charge < -0.3 is 9.84 Å². The molecule has 0 spiro atoms. The summed E-state index contributed by atoms with van der Waals surface area (Å²) in [5.41, 5.74) is 6.12. The van der Waals surface area contributed by atoms with E-state index in [1.165, 1.54) is 34.0 Å². The Morgan fingerprint density at radius 1 is 0.963 bits per heavy atom. The normalized spacial score (nSPS) is 10.6. The SMILES string of the molecule is Cc1cccc(C)c1-c1cccc(COc2ccc(SCC(=O)O)cc2)c1. The van der Waals surface area contributed by atoms with Gasteiger partial charge in [0, 0.05) is 4.90 Å². The molecule has 0 saturated heterocycles. The zero-order chi connectivity index (χ0) is 19.2. The van der Waals surface area contributed by atoms with Gasteiger partial charge in [0.05, 0.1) is 5.75 Å². The molecule has 27 heavy (non-hydrogen) atoms. The quantitative estimate of drug-likeness (QED) is 0.534. The summed E-state index contributed by atoms with van der Waals surface area (Å²) in [7, 11) is 0. The van der Waals surface area contributed by atoms with Crippen LogP contribution in [0.4, 0.5) is 0 Å². The molecule has 0 radical (unpaired) electrons. The summed E-state index contributed by atoms with van der Waals surface area (Å²) < 4.78 is 5.90. The minimum atomic E-state index is -0.816. The molecule has 0 aliphatic rings. The zero-order valence-corrected chi connectivity index (χ0v) is 16.3. The monoisotopic (exact) mass is 378 g/mol. The van der Waals surface area contributed by atoms with Gasteiger partial charge in [0.1, 0.15) is 12.4 Å². The number of carboxylic acids is 1. The molecule has 0 unspecified atom stereocenters. The first-order chi connectivity index (χ1) is 13.0. The third-order valence-corrected chi connectivity index (χ3v) is 5.29. The van der Waals surface area contributed by atoms with Crippen LogP contribution < -0.4 is 4.74 Å². The Morgan fingerprint density at radius 3 is 2.30 bits per heavy atom. The van der Waals surface area contributed by atoms with Gasteiger partial charge in [-0.05, 0) is 72.0 Å². The Morgan fingerprint density at radius 2 is 1.63 bits per heavy atom. The van der Waals surface area contributed by atoms with Gasteiger partial charge in [-0.15, -0.1) is 11.8 Å². The van der Waals surface area contributed by atoms with Gasteiger partial charge in [-0.1, -0.05) is 36.4 Å². The molecule has 3 nitrogen and oxygen atoms in total. The maximum absolute atomic E-state index is 10.6. The molecule has 1 N–H and O–H groups in total. The fourth-order valence-corrected chi connectivity index (χ4v) is 3.65. The number of aryl methyl sites for hydroxylation is 2. The van der Waals surface area contributed by atoms with Crippen LogP contribution in [0.15, 0.2) is 71.6 Å². The van der Waals surface area contributed by atoms with Gasteiger partial charge >= 0.3 is 5.97 Å². The summed E-state index contributed by atoms with van der Waals surface area (Å²) in [5, 5.41) is 8.73. The van der Waals surface area contributed by atoms with Crippen molar-refractivity contribution in [2.75, 3.05) is 5.75 Å². The lowest BCUT2D eigenvalue weighted by Gasteiger charge is -2.12. The molecule has 3 aromatic rings. The van der Waals surface area contributed by atoms with Crippen molar-refractivity contribution in [3.63, 3.8) is 0 Å². The molecule has 3 aromatic carbocycles. The van der Waals surface area contributed by atoms with Crippen LogP contribution >= 0.6 is 11.8 Å². The lowest BCUT2D eigenvalue weighted by molar-refractivity contribution is -0.133. The van der Waals surface area contributed by atoms with Crippen molar-refractivity contribution in [2.24, 2.45) is 0 Å². The predicted molar refractivity (Wildman–Crippen MR) is 110 cm³/mol. The molecule has 0 amide bonds. The number of benzene rings is 3. The first kappa shape index (κ1) is 19.1. The van der Waals surface area contributed by atoms with Gasteiger partial charge in [-0.3, -0.25) is 4.79 Å². The Bertz CT molecular complexity index is 912. The van der Waals surface area contributed by atoms with E-state index in [0.717, 1.165) is 16.2 Å². The van der Waals surface area contributed by atoms with E-state index in [1.54, 1.807) is 0 Å². The van der Waals surface area contributed by atoms with Gasteiger partial charge in [-0.2, -0.15) is 0 Å². The van der Waals surface area contributed by atoms with Crippen LogP contribution in [0.3, 0.4) is 0 Å². The van der Waals surface area contributed by atoms with Gasteiger partial charge in [-0.25, -0.2) is 0 Å². The fraction of sp³-hybridized carbons (Fsp3) is 0.174. The standard InChI is InChI=1S/C23H22O3S/c1-16-5-3-6-17(2)23(16)19-8-4-7-18(13-19)14-26-20-9-11-21(12-10-20)27-15-22(24)25/h3-13H,14-15H2,1-2H3,(H,24,25). The maximum atomic E-state index is 10.6. The third-order valence-electron chi connectivity index (χ3n) is 4.29. The number of carboxylic acid groups (broad SMARTS) is 1. The highest BCUT2D eigenvalue weighted by atomic mass is 32.2. The van der Waals surface area contributed by atoms with E-state index in [2.05, 4.69) is 56.3 Å². The van der Waals surface area contributed by atoms with Gasteiger partial charge in [0.15, 0.2) is 0 Å². The molecule has 0 saturated carbocycles. The molecule has 0 fully saturated rings. The smallest absolute Gasteiger partial charge is 0.313 e. The average molecular weight is 378 g/mol. The first-order valence-corrected chi connectivity index (χ1v) is 9.74. The molecule has 0 bridgehead atoms. The Hall–Kier alpha value is -2.72. The minimum absolute atomic E-state index is 0.0608. The number of carbonyl (C=O) groups is 1. The van der Waals surface area contributed by atoms with Crippen LogP contribution in [0.5, 0.6) is 5.75 Å². The predicted octanol–water partition coefficient (Wildman–Crippen LogP) is 5.73. The highest BCUT2D eigenvalue weighted by molar-refractivity contribution is 8.00. The van der Waals surface area contributed by atoms with Crippen LogP contribution in [-0.2, 0) is 11.4 Å². The topological polar surface area (TPSA) is 46.5 Å². The zero-order valence-electron chi connectivity index (χ0n) is 15.4. The number of ether oxygens (including phenoxy) is 1. The molecular formula is C23H22O3S. The molecule has 138 valence electrons. The van der Waals surface area contributed by atoms with Crippen LogP contribution in [0, 0.1) is 13.8 Å². The molecule has 4 heteroatoms. The summed E-state index contributed by atoms with van der Waals surface area (Å²) in [6.45, 7) is 4.76. The summed E-state index contributed by atoms with van der Waals surface area (Å²) in [5.74, 6) is 0.0157. The molecule has 0 aliphatic heterocycles. The molecule has 0 aliphatic carbocycles. The number of hydrogen-bond acceptors (Lipinski definition) is 3. The first-order valence-electron chi connectivity index (χ1n) is 8.76. The van der Waals surface area contributed by atoms with Crippen molar-refractivity contribution in [1.29, 1.82) is 0 Å². The number of rotatable bonds is 7. The number of thioether (sulfide) groups is 1. The van der Waals surface area contributed by atoms with E-state index in [0.29, 0.717) is 6.61 Å². The average Bonchev–Trinajstić information content (AvgIpc) is 2.66. The van der Waals surface area contributed by atoms with Crippen LogP contribution in [0.2, 0.25) is 0 Å². The minimum Gasteiger partial charge on any atom is -0.489 e. The molecule has 0 aromatic heterocycles. The second-order valence-corrected chi connectivity index (χ2v) is 7.46. The number of aliphatic carboxylic acids is 1. The molecule has 0 heterocycles. The van der Waals surface area contributed by atoms with Crippen molar-refractivity contribution in [3.05, 3.63) is 83.4 Å². The summed E-state index contributed by atoms with van der Waals surface area (Å²) in [6, 6.07) is 22.3. The molecule has 3 rings (SSSR count).